The van der Waals surface area contributed by atoms with Gasteiger partial charge in [0.15, 0.2) is 0 Å². The largest absolute Gasteiger partial charge is 0.459 e. The van der Waals surface area contributed by atoms with Crippen molar-refractivity contribution in [2.45, 2.75) is 52.0 Å². The lowest BCUT2D eigenvalue weighted by Gasteiger charge is -2.27. The van der Waals surface area contributed by atoms with Gasteiger partial charge in [0, 0.05) is 6.54 Å². The number of carbonyl (C=O) groups excluding carboxylic acids is 3. The summed E-state index contributed by atoms with van der Waals surface area (Å²) in [6.45, 7) is 4.41. The Kier molecular flexibility index (Phi) is 8.25. The molecule has 3 rings (SSSR count). The summed E-state index contributed by atoms with van der Waals surface area (Å²) in [6, 6.07) is 17.3. The number of hydrogen-bond acceptors (Lipinski definition) is 5. The minimum absolute atomic E-state index is 0.139. The normalized spacial score (nSPS) is 16.5. The molecule has 0 bridgehead atoms. The van der Waals surface area contributed by atoms with Crippen LogP contribution in [0.25, 0.3) is 0 Å². The average molecular weight is 439 g/mol. The highest BCUT2D eigenvalue weighted by atomic mass is 16.6. The van der Waals surface area contributed by atoms with E-state index >= 15 is 0 Å². The number of nitrogens with zero attached hydrogens (tertiary/aromatic N) is 1. The Labute approximate surface area is 188 Å². The Morgan fingerprint density at radius 2 is 1.50 bits per heavy atom. The first kappa shape index (κ1) is 23.3. The first-order valence-corrected chi connectivity index (χ1v) is 10.9. The second kappa shape index (κ2) is 11.3. The quantitative estimate of drug-likeness (QED) is 0.636. The number of benzene rings is 2. The zero-order chi connectivity index (χ0) is 22.9. The highest BCUT2D eigenvalue weighted by Crippen LogP contribution is 2.20. The lowest BCUT2D eigenvalue weighted by Crippen LogP contribution is -2.52. The van der Waals surface area contributed by atoms with E-state index in [-0.39, 0.29) is 25.0 Å². The van der Waals surface area contributed by atoms with E-state index in [0.717, 1.165) is 11.1 Å². The Balaban J connectivity index is 1.56. The van der Waals surface area contributed by atoms with Crippen molar-refractivity contribution in [2.24, 2.45) is 5.92 Å². The predicted octanol–water partition coefficient (Wildman–Crippen LogP) is 3.67. The summed E-state index contributed by atoms with van der Waals surface area (Å²) < 4.78 is 10.8. The number of carbonyl (C=O) groups is 3. The molecule has 2 aromatic rings. The molecule has 0 spiro atoms. The minimum Gasteiger partial charge on any atom is -0.459 e. The van der Waals surface area contributed by atoms with Crippen LogP contribution >= 0.6 is 0 Å². The topological polar surface area (TPSA) is 84.9 Å². The molecule has 2 aromatic carbocycles. The van der Waals surface area contributed by atoms with Crippen LogP contribution in [0.2, 0.25) is 0 Å². The summed E-state index contributed by atoms with van der Waals surface area (Å²) >= 11 is 0. The molecule has 0 radical (unpaired) electrons. The summed E-state index contributed by atoms with van der Waals surface area (Å²) in [5.74, 6) is -1.02. The zero-order valence-electron chi connectivity index (χ0n) is 18.5. The maximum atomic E-state index is 13.0. The lowest BCUT2D eigenvalue weighted by molar-refractivity contribution is -0.150. The Morgan fingerprint density at radius 3 is 2.06 bits per heavy atom. The average Bonchev–Trinajstić information content (AvgIpc) is 3.31. The van der Waals surface area contributed by atoms with Gasteiger partial charge in [0.2, 0.25) is 5.91 Å². The van der Waals surface area contributed by atoms with E-state index in [1.807, 2.05) is 74.5 Å². The molecule has 1 saturated heterocycles. The van der Waals surface area contributed by atoms with Crippen molar-refractivity contribution in [3.63, 3.8) is 0 Å². The van der Waals surface area contributed by atoms with Gasteiger partial charge in [0.25, 0.3) is 0 Å². The van der Waals surface area contributed by atoms with E-state index in [1.165, 1.54) is 4.90 Å². The second-order valence-corrected chi connectivity index (χ2v) is 8.22. The van der Waals surface area contributed by atoms with Gasteiger partial charge in [0.05, 0.1) is 0 Å². The van der Waals surface area contributed by atoms with Gasteiger partial charge in [-0.2, -0.15) is 0 Å². The molecule has 1 heterocycles. The van der Waals surface area contributed by atoms with Crippen molar-refractivity contribution in [1.82, 2.24) is 10.2 Å². The van der Waals surface area contributed by atoms with Crippen molar-refractivity contribution in [3.05, 3.63) is 71.8 Å². The van der Waals surface area contributed by atoms with Crippen molar-refractivity contribution in [2.75, 3.05) is 6.54 Å². The second-order valence-electron chi connectivity index (χ2n) is 8.22. The molecule has 7 heteroatoms. The van der Waals surface area contributed by atoms with Crippen molar-refractivity contribution >= 4 is 18.0 Å². The number of nitrogens with one attached hydrogen (secondary N) is 1. The first-order valence-electron chi connectivity index (χ1n) is 10.9. The number of ether oxygens (including phenoxy) is 2. The van der Waals surface area contributed by atoms with Crippen molar-refractivity contribution < 1.29 is 23.9 Å². The number of esters is 1. The fraction of sp³-hybridized carbons (Fsp3) is 0.400. The van der Waals surface area contributed by atoms with E-state index in [9.17, 15) is 14.4 Å². The van der Waals surface area contributed by atoms with Gasteiger partial charge in [0.1, 0.15) is 25.3 Å². The van der Waals surface area contributed by atoms with Crippen LogP contribution in [0.4, 0.5) is 4.79 Å². The van der Waals surface area contributed by atoms with Gasteiger partial charge in [-0.15, -0.1) is 0 Å². The summed E-state index contributed by atoms with van der Waals surface area (Å²) in [5, 5.41) is 2.79. The third kappa shape index (κ3) is 6.33. The SMILES string of the molecule is CC(C)C(NC(=O)C1CCCN1C(=O)OCc1ccccc1)C(=O)OCc1ccccc1. The predicted molar refractivity (Wildman–Crippen MR) is 119 cm³/mol. The van der Waals surface area contributed by atoms with E-state index < -0.39 is 24.1 Å². The van der Waals surface area contributed by atoms with Gasteiger partial charge in [-0.1, -0.05) is 74.5 Å². The molecule has 0 aromatic heterocycles. The molecule has 170 valence electrons. The van der Waals surface area contributed by atoms with E-state index in [2.05, 4.69) is 5.32 Å². The van der Waals surface area contributed by atoms with Crippen molar-refractivity contribution in [1.29, 1.82) is 0 Å². The molecule has 0 aliphatic carbocycles. The van der Waals surface area contributed by atoms with E-state index in [0.29, 0.717) is 19.4 Å². The molecule has 7 nitrogen and oxygen atoms in total. The fourth-order valence-electron chi connectivity index (χ4n) is 3.63. The molecule has 1 N–H and O–H groups in total. The minimum atomic E-state index is -0.797. The van der Waals surface area contributed by atoms with Crippen LogP contribution in [0.5, 0.6) is 0 Å². The Bertz CT molecular complexity index is 901. The van der Waals surface area contributed by atoms with Gasteiger partial charge >= 0.3 is 12.1 Å². The summed E-state index contributed by atoms with van der Waals surface area (Å²) in [5.41, 5.74) is 1.75. The van der Waals surface area contributed by atoms with Crippen LogP contribution in [-0.4, -0.2) is 41.5 Å². The highest BCUT2D eigenvalue weighted by molar-refractivity contribution is 5.90. The maximum Gasteiger partial charge on any atom is 0.410 e. The lowest BCUT2D eigenvalue weighted by atomic mass is 10.0. The van der Waals surface area contributed by atoms with Crippen molar-refractivity contribution in [3.8, 4) is 0 Å². The molecule has 2 amide bonds. The molecular formula is C25H30N2O5. The van der Waals surface area contributed by atoms with Gasteiger partial charge in [-0.05, 0) is 29.9 Å². The smallest absolute Gasteiger partial charge is 0.410 e. The fourth-order valence-corrected chi connectivity index (χ4v) is 3.63. The number of hydrogen-bond donors (Lipinski definition) is 1. The standard InChI is InChI=1S/C25H30N2O5/c1-18(2)22(24(29)31-16-19-10-5-3-6-11-19)26-23(28)21-14-9-15-27(21)25(30)32-17-20-12-7-4-8-13-20/h3-8,10-13,18,21-22H,9,14-17H2,1-2H3,(H,26,28). The van der Waals surface area contributed by atoms with E-state index in [1.54, 1.807) is 0 Å². The Morgan fingerprint density at radius 1 is 0.938 bits per heavy atom. The molecule has 2 atom stereocenters. The van der Waals surface area contributed by atoms with Crippen LogP contribution < -0.4 is 5.32 Å². The van der Waals surface area contributed by atoms with Crippen LogP contribution in [0.15, 0.2) is 60.7 Å². The van der Waals surface area contributed by atoms with E-state index in [4.69, 9.17) is 9.47 Å². The van der Waals surface area contributed by atoms with Crippen LogP contribution in [-0.2, 0) is 32.3 Å². The molecule has 1 aliphatic heterocycles. The number of rotatable bonds is 8. The van der Waals surface area contributed by atoms with Gasteiger partial charge < -0.3 is 14.8 Å². The Hall–Kier alpha value is -3.35. The molecule has 0 saturated carbocycles. The molecule has 1 aliphatic rings. The third-order valence-corrected chi connectivity index (χ3v) is 5.44. The summed E-state index contributed by atoms with van der Waals surface area (Å²) in [4.78, 5) is 39.6. The van der Waals surface area contributed by atoms with Crippen LogP contribution in [0, 0.1) is 5.92 Å². The first-order chi connectivity index (χ1) is 15.5. The van der Waals surface area contributed by atoms with Crippen LogP contribution in [0.1, 0.15) is 37.8 Å². The monoisotopic (exact) mass is 438 g/mol. The number of likely N-dealkylation sites (tertiary alicyclic amines) is 1. The van der Waals surface area contributed by atoms with Gasteiger partial charge in [-0.3, -0.25) is 9.69 Å². The highest BCUT2D eigenvalue weighted by Gasteiger charge is 2.37. The number of amides is 2. The third-order valence-electron chi connectivity index (χ3n) is 5.44. The molecule has 1 fully saturated rings. The van der Waals surface area contributed by atoms with Gasteiger partial charge in [-0.25, -0.2) is 9.59 Å². The maximum absolute atomic E-state index is 13.0. The van der Waals surface area contributed by atoms with Crippen LogP contribution in [0.3, 0.4) is 0 Å². The molecule has 32 heavy (non-hydrogen) atoms. The summed E-state index contributed by atoms with van der Waals surface area (Å²) in [7, 11) is 0. The summed E-state index contributed by atoms with van der Waals surface area (Å²) in [6.07, 6.45) is 0.693. The zero-order valence-corrected chi connectivity index (χ0v) is 18.5. The molecule has 2 unspecified atom stereocenters. The molecular weight excluding hydrogens is 408 g/mol.